The summed E-state index contributed by atoms with van der Waals surface area (Å²) in [6.07, 6.45) is 4.73. The van der Waals surface area contributed by atoms with E-state index in [2.05, 4.69) is 4.98 Å². The highest BCUT2D eigenvalue weighted by Gasteiger charge is 2.19. The third-order valence-electron chi connectivity index (χ3n) is 2.39. The summed E-state index contributed by atoms with van der Waals surface area (Å²) in [4.78, 5) is 24.0. The molecule has 2 aromatic rings. The molecule has 92 valence electrons. The molecule has 0 aliphatic rings. The van der Waals surface area contributed by atoms with E-state index in [-0.39, 0.29) is 17.9 Å². The van der Waals surface area contributed by atoms with Crippen LogP contribution in [0.2, 0.25) is 0 Å². The molecule has 0 radical (unpaired) electrons. The van der Waals surface area contributed by atoms with Crippen molar-refractivity contribution in [2.24, 2.45) is 0 Å². The predicted octanol–water partition coefficient (Wildman–Crippen LogP) is 1.75. The van der Waals surface area contributed by atoms with E-state index in [0.717, 1.165) is 6.07 Å². The van der Waals surface area contributed by atoms with Crippen molar-refractivity contribution in [3.63, 3.8) is 0 Å². The van der Waals surface area contributed by atoms with Crippen molar-refractivity contribution < 1.29 is 9.85 Å². The molecule has 0 amide bonds. The molecule has 18 heavy (non-hydrogen) atoms. The van der Waals surface area contributed by atoms with Crippen molar-refractivity contribution in [1.82, 2.24) is 9.55 Å². The number of hydrogen-bond acceptors (Lipinski definition) is 5. The summed E-state index contributed by atoms with van der Waals surface area (Å²) >= 11 is 0. The Hall–Kier alpha value is -2.77. The zero-order valence-corrected chi connectivity index (χ0v) is 9.09. The van der Waals surface area contributed by atoms with Gasteiger partial charge in [-0.15, -0.1) is 0 Å². The Labute approximate surface area is 101 Å². The molecule has 0 saturated heterocycles. The third-order valence-corrected chi connectivity index (χ3v) is 2.39. The fraction of sp³-hybridized carbons (Fsp3) is 0.100. The lowest BCUT2D eigenvalue weighted by Crippen LogP contribution is -2.02. The number of non-ortho nitro benzene ring substituents is 1. The maximum atomic E-state index is 10.9. The van der Waals surface area contributed by atoms with Crippen molar-refractivity contribution in [2.45, 2.75) is 6.54 Å². The van der Waals surface area contributed by atoms with Gasteiger partial charge in [-0.25, -0.2) is 4.98 Å². The number of benzene rings is 1. The number of nitro groups is 2. The van der Waals surface area contributed by atoms with E-state index in [1.54, 1.807) is 17.0 Å². The van der Waals surface area contributed by atoms with Gasteiger partial charge in [-0.1, -0.05) is 0 Å². The van der Waals surface area contributed by atoms with Crippen LogP contribution in [-0.4, -0.2) is 19.4 Å². The number of aromatic nitrogens is 2. The van der Waals surface area contributed by atoms with E-state index in [4.69, 9.17) is 0 Å². The molecule has 0 fully saturated rings. The Bertz CT molecular complexity index is 594. The molecule has 8 nitrogen and oxygen atoms in total. The minimum absolute atomic E-state index is 0.244. The average molecular weight is 248 g/mol. The summed E-state index contributed by atoms with van der Waals surface area (Å²) in [7, 11) is 0. The molecule has 0 bridgehead atoms. The SMILES string of the molecule is O=[N+]([O-])c1ccc(Cn2ccnc2)c([N+](=O)[O-])c1. The lowest BCUT2D eigenvalue weighted by atomic mass is 10.1. The molecule has 1 heterocycles. The monoisotopic (exact) mass is 248 g/mol. The summed E-state index contributed by atoms with van der Waals surface area (Å²) in [5, 5.41) is 21.5. The average Bonchev–Trinajstić information content (AvgIpc) is 2.81. The van der Waals surface area contributed by atoms with Gasteiger partial charge in [-0.05, 0) is 6.07 Å². The molecule has 8 heteroatoms. The molecule has 0 atom stereocenters. The Morgan fingerprint density at radius 1 is 1.22 bits per heavy atom. The number of nitrogens with zero attached hydrogens (tertiary/aromatic N) is 4. The van der Waals surface area contributed by atoms with Gasteiger partial charge >= 0.3 is 0 Å². The summed E-state index contributed by atoms with van der Waals surface area (Å²) in [5.74, 6) is 0. The lowest BCUT2D eigenvalue weighted by Gasteiger charge is -2.03. The van der Waals surface area contributed by atoms with Gasteiger partial charge in [0, 0.05) is 18.5 Å². The fourth-order valence-electron chi connectivity index (χ4n) is 1.55. The Balaban J connectivity index is 2.40. The van der Waals surface area contributed by atoms with Crippen LogP contribution in [-0.2, 0) is 6.54 Å². The van der Waals surface area contributed by atoms with Crippen molar-refractivity contribution >= 4 is 11.4 Å². The Morgan fingerprint density at radius 3 is 2.56 bits per heavy atom. The minimum atomic E-state index is -0.659. The predicted molar refractivity (Wildman–Crippen MR) is 61.1 cm³/mol. The first kappa shape index (κ1) is 11.7. The molecule has 1 aromatic heterocycles. The minimum Gasteiger partial charge on any atom is -0.333 e. The lowest BCUT2D eigenvalue weighted by molar-refractivity contribution is -0.394. The van der Waals surface area contributed by atoms with Crippen LogP contribution >= 0.6 is 0 Å². The molecule has 0 unspecified atom stereocenters. The molecule has 0 aliphatic heterocycles. The summed E-state index contributed by atoms with van der Waals surface area (Å²) in [6.45, 7) is 0.244. The van der Waals surface area contributed by atoms with Crippen molar-refractivity contribution in [2.75, 3.05) is 0 Å². The quantitative estimate of drug-likeness (QED) is 0.605. The fourth-order valence-corrected chi connectivity index (χ4v) is 1.55. The van der Waals surface area contributed by atoms with Gasteiger partial charge in [0.05, 0.1) is 34.3 Å². The van der Waals surface area contributed by atoms with E-state index in [9.17, 15) is 20.2 Å². The van der Waals surface area contributed by atoms with Crippen molar-refractivity contribution in [1.29, 1.82) is 0 Å². The van der Waals surface area contributed by atoms with Gasteiger partial charge in [0.1, 0.15) is 0 Å². The van der Waals surface area contributed by atoms with E-state index < -0.39 is 9.85 Å². The Kier molecular flexibility index (Phi) is 3.00. The van der Waals surface area contributed by atoms with Crippen LogP contribution in [0.4, 0.5) is 11.4 Å². The van der Waals surface area contributed by atoms with Crippen LogP contribution in [0, 0.1) is 20.2 Å². The zero-order valence-electron chi connectivity index (χ0n) is 9.09. The van der Waals surface area contributed by atoms with Crippen LogP contribution in [0.15, 0.2) is 36.9 Å². The second-order valence-electron chi connectivity index (χ2n) is 3.56. The Morgan fingerprint density at radius 2 is 2.00 bits per heavy atom. The first-order chi connectivity index (χ1) is 8.58. The largest absolute Gasteiger partial charge is 0.333 e. The summed E-state index contributed by atoms with van der Waals surface area (Å²) in [6, 6.07) is 3.60. The van der Waals surface area contributed by atoms with Crippen molar-refractivity contribution in [3.8, 4) is 0 Å². The van der Waals surface area contributed by atoms with Crippen LogP contribution in [0.3, 0.4) is 0 Å². The number of nitro benzene ring substituents is 2. The van der Waals surface area contributed by atoms with Crippen LogP contribution < -0.4 is 0 Å². The highest BCUT2D eigenvalue weighted by Crippen LogP contribution is 2.25. The van der Waals surface area contributed by atoms with Gasteiger partial charge < -0.3 is 4.57 Å². The van der Waals surface area contributed by atoms with E-state index in [0.29, 0.717) is 5.56 Å². The van der Waals surface area contributed by atoms with E-state index in [1.807, 2.05) is 0 Å². The summed E-state index contributed by atoms with van der Waals surface area (Å²) in [5.41, 5.74) is -0.169. The normalized spacial score (nSPS) is 10.2. The molecule has 0 spiro atoms. The summed E-state index contributed by atoms with van der Waals surface area (Å²) < 4.78 is 1.65. The highest BCUT2D eigenvalue weighted by atomic mass is 16.6. The van der Waals surface area contributed by atoms with Gasteiger partial charge in [0.15, 0.2) is 0 Å². The third kappa shape index (κ3) is 2.32. The van der Waals surface area contributed by atoms with Gasteiger partial charge in [-0.2, -0.15) is 0 Å². The number of imidazole rings is 1. The van der Waals surface area contributed by atoms with Crippen LogP contribution in [0.5, 0.6) is 0 Å². The van der Waals surface area contributed by atoms with Gasteiger partial charge in [0.25, 0.3) is 11.4 Å². The molecular weight excluding hydrogens is 240 g/mol. The molecular formula is C10H8N4O4. The second kappa shape index (κ2) is 4.62. The smallest absolute Gasteiger partial charge is 0.281 e. The van der Waals surface area contributed by atoms with E-state index >= 15 is 0 Å². The molecule has 2 rings (SSSR count). The molecule has 0 saturated carbocycles. The first-order valence-corrected chi connectivity index (χ1v) is 4.95. The van der Waals surface area contributed by atoms with Crippen molar-refractivity contribution in [3.05, 3.63) is 62.7 Å². The maximum Gasteiger partial charge on any atom is 0.281 e. The molecule has 0 N–H and O–H groups in total. The molecule has 0 aliphatic carbocycles. The number of rotatable bonds is 4. The van der Waals surface area contributed by atoms with Gasteiger partial charge in [0.2, 0.25) is 0 Å². The second-order valence-corrected chi connectivity index (χ2v) is 3.56. The van der Waals surface area contributed by atoms with Crippen LogP contribution in [0.25, 0.3) is 0 Å². The zero-order chi connectivity index (χ0) is 13.1. The van der Waals surface area contributed by atoms with E-state index in [1.165, 1.54) is 18.5 Å². The standard InChI is InChI=1S/C10H8N4O4/c15-13(16)9-2-1-8(10(5-9)14(17)18)6-12-4-3-11-7-12/h1-5,7H,6H2. The first-order valence-electron chi connectivity index (χ1n) is 4.95. The number of hydrogen-bond donors (Lipinski definition) is 0. The molecule has 1 aromatic carbocycles. The van der Waals surface area contributed by atoms with Gasteiger partial charge in [-0.3, -0.25) is 20.2 Å². The maximum absolute atomic E-state index is 10.9. The van der Waals surface area contributed by atoms with Crippen LogP contribution in [0.1, 0.15) is 5.56 Å². The topological polar surface area (TPSA) is 104 Å². The highest BCUT2D eigenvalue weighted by molar-refractivity contribution is 5.49.